The number of hydrogen-bond donors (Lipinski definition) is 1. The Bertz CT molecular complexity index is 862. The van der Waals surface area contributed by atoms with Gasteiger partial charge >= 0.3 is 0 Å². The van der Waals surface area contributed by atoms with Crippen molar-refractivity contribution in [3.05, 3.63) is 33.9 Å². The molecule has 30 heavy (non-hydrogen) atoms. The van der Waals surface area contributed by atoms with Crippen molar-refractivity contribution in [1.82, 2.24) is 5.32 Å². The van der Waals surface area contributed by atoms with E-state index in [1.165, 1.54) is 17.7 Å². The molecule has 5 heteroatoms. The van der Waals surface area contributed by atoms with Crippen LogP contribution >= 0.6 is 11.6 Å². The summed E-state index contributed by atoms with van der Waals surface area (Å²) in [5, 5.41) is 13.2. The SMILES string of the molecule is CCCN1c2cc(Cl)c(/C=C(\C#N)C(=O)NC3CCCCC3)cc2C(C)CC1(C)C. The van der Waals surface area contributed by atoms with E-state index in [0.29, 0.717) is 10.9 Å². The lowest BCUT2D eigenvalue weighted by atomic mass is 9.79. The molecule has 1 unspecified atom stereocenters. The van der Waals surface area contributed by atoms with Crippen LogP contribution in [0.1, 0.15) is 89.7 Å². The minimum Gasteiger partial charge on any atom is -0.366 e. The molecule has 0 bridgehead atoms. The molecule has 4 nitrogen and oxygen atoms in total. The third-order valence-electron chi connectivity index (χ3n) is 6.56. The molecule has 1 atom stereocenters. The Morgan fingerprint density at radius 1 is 1.33 bits per heavy atom. The number of nitriles is 1. The third-order valence-corrected chi connectivity index (χ3v) is 6.88. The number of hydrogen-bond acceptors (Lipinski definition) is 3. The summed E-state index contributed by atoms with van der Waals surface area (Å²) in [4.78, 5) is 15.1. The maximum atomic E-state index is 12.7. The van der Waals surface area contributed by atoms with E-state index < -0.39 is 0 Å². The molecule has 1 aliphatic carbocycles. The smallest absolute Gasteiger partial charge is 0.262 e. The number of fused-ring (bicyclic) bond motifs is 1. The van der Waals surface area contributed by atoms with Crippen molar-refractivity contribution < 1.29 is 4.79 Å². The predicted molar refractivity (Wildman–Crippen MR) is 125 cm³/mol. The first kappa shape index (κ1) is 22.7. The Hall–Kier alpha value is -1.99. The number of anilines is 1. The van der Waals surface area contributed by atoms with Crippen LogP contribution in [0.3, 0.4) is 0 Å². The molecule has 1 N–H and O–H groups in total. The summed E-state index contributed by atoms with van der Waals surface area (Å²) in [5.74, 6) is 0.0918. The number of amides is 1. The van der Waals surface area contributed by atoms with Gasteiger partial charge in [-0.05, 0) is 74.8 Å². The number of nitrogens with zero attached hydrogens (tertiary/aromatic N) is 2. The molecule has 0 radical (unpaired) electrons. The monoisotopic (exact) mass is 427 g/mol. The van der Waals surface area contributed by atoms with Crippen LogP contribution < -0.4 is 10.2 Å². The largest absolute Gasteiger partial charge is 0.366 e. The standard InChI is InChI=1S/C25H34ClN3O/c1-5-11-29-23-14-22(26)18(13-21(23)17(2)15-25(29,3)4)12-19(16-27)24(30)28-20-9-7-6-8-10-20/h12-14,17,20H,5-11,15H2,1-4H3,(H,28,30)/b19-12+. The molecule has 1 fully saturated rings. The maximum absolute atomic E-state index is 12.7. The van der Waals surface area contributed by atoms with E-state index in [1.807, 2.05) is 6.07 Å². The first-order valence-corrected chi connectivity index (χ1v) is 11.7. The van der Waals surface area contributed by atoms with Crippen LogP contribution in [-0.2, 0) is 4.79 Å². The van der Waals surface area contributed by atoms with Crippen molar-refractivity contribution in [2.24, 2.45) is 0 Å². The van der Waals surface area contributed by atoms with E-state index in [4.69, 9.17) is 11.6 Å². The molecular formula is C25H34ClN3O. The third kappa shape index (κ3) is 4.83. The van der Waals surface area contributed by atoms with Crippen LogP contribution in [0.5, 0.6) is 0 Å². The summed E-state index contributed by atoms with van der Waals surface area (Å²) in [6.45, 7) is 9.98. The first-order valence-electron chi connectivity index (χ1n) is 11.3. The molecule has 0 aromatic heterocycles. The molecule has 1 heterocycles. The van der Waals surface area contributed by atoms with Gasteiger partial charge in [-0.15, -0.1) is 0 Å². The Morgan fingerprint density at radius 2 is 2.03 bits per heavy atom. The molecular weight excluding hydrogens is 394 g/mol. The van der Waals surface area contributed by atoms with E-state index in [0.717, 1.165) is 50.6 Å². The van der Waals surface area contributed by atoms with Crippen molar-refractivity contribution in [1.29, 1.82) is 5.26 Å². The lowest BCUT2D eigenvalue weighted by Gasteiger charge is -2.47. The predicted octanol–water partition coefficient (Wildman–Crippen LogP) is 6.20. The van der Waals surface area contributed by atoms with Crippen LogP contribution in [0.2, 0.25) is 5.02 Å². The average Bonchev–Trinajstić information content (AvgIpc) is 2.70. The highest BCUT2D eigenvalue weighted by Gasteiger charge is 2.36. The fraction of sp³-hybridized carbons (Fsp3) is 0.600. The summed E-state index contributed by atoms with van der Waals surface area (Å²) in [5.41, 5.74) is 3.35. The molecule has 0 saturated heterocycles. The molecule has 1 aromatic carbocycles. The number of benzene rings is 1. The van der Waals surface area contributed by atoms with Crippen molar-refractivity contribution in [3.8, 4) is 6.07 Å². The molecule has 1 amide bonds. The van der Waals surface area contributed by atoms with Crippen molar-refractivity contribution >= 4 is 29.3 Å². The van der Waals surface area contributed by atoms with Crippen LogP contribution in [0, 0.1) is 11.3 Å². The second kappa shape index (κ2) is 9.43. The van der Waals surface area contributed by atoms with Gasteiger partial charge in [0.25, 0.3) is 5.91 Å². The van der Waals surface area contributed by atoms with Gasteiger partial charge in [-0.25, -0.2) is 0 Å². The zero-order chi connectivity index (χ0) is 21.9. The summed E-state index contributed by atoms with van der Waals surface area (Å²) in [6, 6.07) is 6.35. The molecule has 1 aromatic rings. The highest BCUT2D eigenvalue weighted by Crippen LogP contribution is 2.45. The van der Waals surface area contributed by atoms with Gasteiger partial charge in [0.2, 0.25) is 0 Å². The van der Waals surface area contributed by atoms with Crippen molar-refractivity contribution in [2.45, 2.75) is 90.1 Å². The van der Waals surface area contributed by atoms with Crippen LogP contribution in [0.15, 0.2) is 17.7 Å². The Labute approximate surface area is 186 Å². The Kier molecular flexibility index (Phi) is 7.14. The Balaban J connectivity index is 1.92. The van der Waals surface area contributed by atoms with Gasteiger partial charge in [0, 0.05) is 28.8 Å². The van der Waals surface area contributed by atoms with Gasteiger partial charge in [-0.2, -0.15) is 5.26 Å². The van der Waals surface area contributed by atoms with Crippen molar-refractivity contribution in [2.75, 3.05) is 11.4 Å². The van der Waals surface area contributed by atoms with Gasteiger partial charge in [-0.1, -0.05) is 44.7 Å². The quantitative estimate of drug-likeness (QED) is 0.449. The van der Waals surface area contributed by atoms with E-state index >= 15 is 0 Å². The number of carbonyl (C=O) groups is 1. The zero-order valence-corrected chi connectivity index (χ0v) is 19.5. The molecule has 2 aliphatic rings. The summed E-state index contributed by atoms with van der Waals surface area (Å²) in [7, 11) is 0. The van der Waals surface area contributed by atoms with E-state index in [-0.39, 0.29) is 23.1 Å². The van der Waals surface area contributed by atoms with Gasteiger partial charge in [0.15, 0.2) is 0 Å². The summed E-state index contributed by atoms with van der Waals surface area (Å²) >= 11 is 6.65. The highest BCUT2D eigenvalue weighted by molar-refractivity contribution is 6.32. The zero-order valence-electron chi connectivity index (χ0n) is 18.7. The Morgan fingerprint density at radius 3 is 2.67 bits per heavy atom. The number of rotatable bonds is 5. The fourth-order valence-electron chi connectivity index (χ4n) is 5.09. The molecule has 1 saturated carbocycles. The average molecular weight is 428 g/mol. The van der Waals surface area contributed by atoms with E-state index in [1.54, 1.807) is 6.08 Å². The lowest BCUT2D eigenvalue weighted by Crippen LogP contribution is -2.48. The summed E-state index contributed by atoms with van der Waals surface area (Å²) < 4.78 is 0. The molecule has 162 valence electrons. The van der Waals surface area contributed by atoms with Gasteiger partial charge in [-0.3, -0.25) is 4.79 Å². The summed E-state index contributed by atoms with van der Waals surface area (Å²) in [6.07, 6.45) is 9.24. The maximum Gasteiger partial charge on any atom is 0.262 e. The van der Waals surface area contributed by atoms with Gasteiger partial charge in [0.1, 0.15) is 11.6 Å². The van der Waals surface area contributed by atoms with Gasteiger partial charge in [0.05, 0.1) is 0 Å². The molecule has 1 aliphatic heterocycles. The second-order valence-corrected chi connectivity index (χ2v) is 9.89. The van der Waals surface area contributed by atoms with Gasteiger partial charge < -0.3 is 10.2 Å². The van der Waals surface area contributed by atoms with E-state index in [2.05, 4.69) is 50.0 Å². The van der Waals surface area contributed by atoms with E-state index in [9.17, 15) is 10.1 Å². The minimum atomic E-state index is -0.292. The number of nitrogens with one attached hydrogen (secondary N) is 1. The molecule has 3 rings (SSSR count). The first-order chi connectivity index (χ1) is 14.3. The van der Waals surface area contributed by atoms with Crippen molar-refractivity contribution in [3.63, 3.8) is 0 Å². The minimum absolute atomic E-state index is 0.0702. The number of carbonyl (C=O) groups excluding carboxylic acids is 1. The topological polar surface area (TPSA) is 56.1 Å². The van der Waals surface area contributed by atoms with Crippen LogP contribution in [0.25, 0.3) is 6.08 Å². The highest BCUT2D eigenvalue weighted by atomic mass is 35.5. The molecule has 0 spiro atoms. The fourth-order valence-corrected chi connectivity index (χ4v) is 5.31. The number of halogens is 1. The van der Waals surface area contributed by atoms with Crippen LogP contribution in [-0.4, -0.2) is 24.0 Å². The normalized spacial score (nSPS) is 21.7. The second-order valence-electron chi connectivity index (χ2n) is 9.48. The van der Waals surface area contributed by atoms with Crippen LogP contribution in [0.4, 0.5) is 5.69 Å². The lowest BCUT2D eigenvalue weighted by molar-refractivity contribution is -0.117.